The van der Waals surface area contributed by atoms with Gasteiger partial charge in [-0.1, -0.05) is 17.3 Å². The highest BCUT2D eigenvalue weighted by Gasteiger charge is 2.41. The van der Waals surface area contributed by atoms with E-state index in [1.165, 1.54) is 54.3 Å². The first-order valence-corrected chi connectivity index (χ1v) is 9.25. The molecular weight excluding hydrogens is 432 g/mol. The van der Waals surface area contributed by atoms with Crippen molar-refractivity contribution >= 4 is 5.97 Å². The first-order valence-electron chi connectivity index (χ1n) is 9.25. The van der Waals surface area contributed by atoms with Crippen LogP contribution >= 0.6 is 0 Å². The minimum atomic E-state index is -4.84. The number of ether oxygens (including phenoxy) is 1. The maximum atomic E-state index is 13.9. The Balaban J connectivity index is 1.67. The molecule has 0 saturated heterocycles. The lowest BCUT2D eigenvalue weighted by Crippen LogP contribution is -2.18. The standard InChI is InChI=1S/C20H14F4N6O2/c1-2-32-19(31)14-9-26-30(18(14)20(22,23)24)13-5-3-12(4-6-13)16-11-29(28-27-16)17-7-8-25-10-15(17)21/h3-11H,2H2,1H3. The van der Waals surface area contributed by atoms with E-state index in [1.54, 1.807) is 0 Å². The molecular formula is C20H14F4N6O2. The van der Waals surface area contributed by atoms with Crippen LogP contribution < -0.4 is 0 Å². The number of hydrogen-bond donors (Lipinski definition) is 0. The molecule has 164 valence electrons. The maximum Gasteiger partial charge on any atom is 0.434 e. The van der Waals surface area contributed by atoms with Crippen LogP contribution in [0.15, 0.2) is 55.1 Å². The quantitative estimate of drug-likeness (QED) is 0.342. The van der Waals surface area contributed by atoms with Crippen molar-refractivity contribution in [1.29, 1.82) is 0 Å². The summed E-state index contributed by atoms with van der Waals surface area (Å²) in [5.41, 5.74) is -0.789. The molecule has 0 aliphatic heterocycles. The van der Waals surface area contributed by atoms with E-state index in [-0.39, 0.29) is 18.0 Å². The first-order chi connectivity index (χ1) is 15.3. The van der Waals surface area contributed by atoms with Crippen LogP contribution in [0, 0.1) is 5.82 Å². The number of aromatic nitrogens is 6. The SMILES string of the molecule is CCOC(=O)c1cnn(-c2ccc(-c3cn(-c4ccncc4F)nn3)cc2)c1C(F)(F)F. The third kappa shape index (κ3) is 3.94. The topological polar surface area (TPSA) is 87.7 Å². The normalized spacial score (nSPS) is 11.5. The highest BCUT2D eigenvalue weighted by Crippen LogP contribution is 2.34. The van der Waals surface area contributed by atoms with Crippen molar-refractivity contribution in [2.45, 2.75) is 13.1 Å². The van der Waals surface area contributed by atoms with Gasteiger partial charge in [-0.2, -0.15) is 18.3 Å². The van der Waals surface area contributed by atoms with E-state index in [9.17, 15) is 22.4 Å². The summed E-state index contributed by atoms with van der Waals surface area (Å²) in [7, 11) is 0. The Kier molecular flexibility index (Phi) is 5.43. The molecule has 0 radical (unpaired) electrons. The lowest BCUT2D eigenvalue weighted by molar-refractivity contribution is -0.143. The number of hydrogen-bond acceptors (Lipinski definition) is 6. The molecule has 0 amide bonds. The zero-order valence-corrected chi connectivity index (χ0v) is 16.4. The fourth-order valence-electron chi connectivity index (χ4n) is 3.02. The van der Waals surface area contributed by atoms with Crippen molar-refractivity contribution in [2.24, 2.45) is 0 Å². The Hall–Kier alpha value is -4.09. The molecule has 0 saturated carbocycles. The Bertz CT molecular complexity index is 1260. The molecule has 3 aromatic heterocycles. The van der Waals surface area contributed by atoms with Gasteiger partial charge in [0.15, 0.2) is 11.5 Å². The van der Waals surface area contributed by atoms with Crippen molar-refractivity contribution < 1.29 is 27.1 Å². The van der Waals surface area contributed by atoms with Crippen molar-refractivity contribution in [3.05, 3.63) is 72.2 Å². The number of pyridine rings is 1. The number of carbonyl (C=O) groups excluding carboxylic acids is 1. The van der Waals surface area contributed by atoms with Crippen LogP contribution in [0.5, 0.6) is 0 Å². The van der Waals surface area contributed by atoms with Crippen LogP contribution in [0.1, 0.15) is 23.0 Å². The first kappa shape index (κ1) is 21.2. The van der Waals surface area contributed by atoms with Crippen LogP contribution in [0.4, 0.5) is 17.6 Å². The molecule has 4 aromatic rings. The monoisotopic (exact) mass is 446 g/mol. The Labute approximate surface area is 178 Å². The van der Waals surface area contributed by atoms with E-state index >= 15 is 0 Å². The summed E-state index contributed by atoms with van der Waals surface area (Å²) in [6, 6.07) is 7.22. The average Bonchev–Trinajstić information content (AvgIpc) is 3.42. The van der Waals surface area contributed by atoms with E-state index in [4.69, 9.17) is 4.74 Å². The molecule has 8 nitrogen and oxygen atoms in total. The third-order valence-corrected chi connectivity index (χ3v) is 4.43. The molecule has 3 heterocycles. The Morgan fingerprint density at radius 3 is 2.53 bits per heavy atom. The molecule has 0 atom stereocenters. The number of rotatable bonds is 5. The molecule has 0 bridgehead atoms. The molecule has 0 aliphatic carbocycles. The summed E-state index contributed by atoms with van der Waals surface area (Å²) in [6.45, 7) is 1.42. The van der Waals surface area contributed by atoms with Gasteiger partial charge in [-0.25, -0.2) is 18.5 Å². The summed E-state index contributed by atoms with van der Waals surface area (Å²) in [6.07, 6.45) is -0.0979. The van der Waals surface area contributed by atoms with E-state index < -0.39 is 29.2 Å². The van der Waals surface area contributed by atoms with Crippen LogP contribution in [0.25, 0.3) is 22.6 Å². The smallest absolute Gasteiger partial charge is 0.434 e. The van der Waals surface area contributed by atoms with E-state index in [0.29, 0.717) is 15.9 Å². The number of esters is 1. The second kappa shape index (κ2) is 8.21. The predicted octanol–water partition coefficient (Wildman–Crippen LogP) is 3.85. The van der Waals surface area contributed by atoms with Gasteiger partial charge in [-0.05, 0) is 25.1 Å². The van der Waals surface area contributed by atoms with E-state index in [2.05, 4.69) is 20.4 Å². The highest BCUT2D eigenvalue weighted by molar-refractivity contribution is 5.90. The molecule has 0 fully saturated rings. The fraction of sp³-hybridized carbons (Fsp3) is 0.150. The van der Waals surface area contributed by atoms with Gasteiger partial charge in [0.2, 0.25) is 0 Å². The summed E-state index contributed by atoms with van der Waals surface area (Å²) >= 11 is 0. The predicted molar refractivity (Wildman–Crippen MR) is 103 cm³/mol. The van der Waals surface area contributed by atoms with Gasteiger partial charge < -0.3 is 4.74 Å². The average molecular weight is 446 g/mol. The number of alkyl halides is 3. The second-order valence-corrected chi connectivity index (χ2v) is 6.46. The van der Waals surface area contributed by atoms with Gasteiger partial charge in [0.1, 0.15) is 16.9 Å². The fourth-order valence-corrected chi connectivity index (χ4v) is 3.02. The number of nitrogens with zero attached hydrogens (tertiary/aromatic N) is 6. The van der Waals surface area contributed by atoms with Gasteiger partial charge in [0, 0.05) is 11.8 Å². The molecule has 4 rings (SSSR count). The van der Waals surface area contributed by atoms with E-state index in [1.807, 2.05) is 0 Å². The van der Waals surface area contributed by atoms with Crippen LogP contribution in [-0.4, -0.2) is 42.3 Å². The lowest BCUT2D eigenvalue weighted by atomic mass is 10.1. The molecule has 0 N–H and O–H groups in total. The van der Waals surface area contributed by atoms with Crippen molar-refractivity contribution in [1.82, 2.24) is 29.8 Å². The van der Waals surface area contributed by atoms with Crippen LogP contribution in [0.2, 0.25) is 0 Å². The third-order valence-electron chi connectivity index (χ3n) is 4.43. The molecule has 0 aliphatic rings. The number of halogens is 4. The van der Waals surface area contributed by atoms with Crippen molar-refractivity contribution in [3.63, 3.8) is 0 Å². The largest absolute Gasteiger partial charge is 0.462 e. The second-order valence-electron chi connectivity index (χ2n) is 6.46. The maximum absolute atomic E-state index is 13.9. The number of benzene rings is 1. The molecule has 0 unspecified atom stereocenters. The lowest BCUT2D eigenvalue weighted by Gasteiger charge is -2.12. The molecule has 12 heteroatoms. The van der Waals surface area contributed by atoms with Gasteiger partial charge in [0.05, 0.1) is 30.9 Å². The van der Waals surface area contributed by atoms with Gasteiger partial charge in [0.25, 0.3) is 0 Å². The van der Waals surface area contributed by atoms with Crippen LogP contribution in [0.3, 0.4) is 0 Å². The van der Waals surface area contributed by atoms with Crippen molar-refractivity contribution in [2.75, 3.05) is 6.61 Å². The number of carbonyl (C=O) groups is 1. The van der Waals surface area contributed by atoms with Gasteiger partial charge >= 0.3 is 12.1 Å². The minimum Gasteiger partial charge on any atom is -0.462 e. The zero-order valence-electron chi connectivity index (χ0n) is 16.4. The van der Waals surface area contributed by atoms with Gasteiger partial charge in [-0.15, -0.1) is 5.10 Å². The summed E-state index contributed by atoms with van der Waals surface area (Å²) in [4.78, 5) is 15.6. The van der Waals surface area contributed by atoms with Crippen molar-refractivity contribution in [3.8, 4) is 22.6 Å². The molecule has 1 aromatic carbocycles. The zero-order chi connectivity index (χ0) is 22.9. The Morgan fingerprint density at radius 2 is 1.88 bits per heavy atom. The van der Waals surface area contributed by atoms with Gasteiger partial charge in [-0.3, -0.25) is 4.98 Å². The van der Waals surface area contributed by atoms with Crippen LogP contribution in [-0.2, 0) is 10.9 Å². The Morgan fingerprint density at radius 1 is 1.12 bits per heavy atom. The highest BCUT2D eigenvalue weighted by atomic mass is 19.4. The minimum absolute atomic E-state index is 0.0694. The summed E-state index contributed by atoms with van der Waals surface area (Å²) in [5, 5.41) is 11.6. The van der Waals surface area contributed by atoms with E-state index in [0.717, 1.165) is 12.4 Å². The summed E-state index contributed by atoms with van der Waals surface area (Å²) in [5.74, 6) is -1.70. The molecule has 32 heavy (non-hydrogen) atoms. The molecule has 0 spiro atoms. The summed E-state index contributed by atoms with van der Waals surface area (Å²) < 4.78 is 61.4.